The molecule has 2 heterocycles. The number of nitrogens with one attached hydrogen (secondary N) is 2. The molecule has 0 bridgehead atoms. The predicted octanol–water partition coefficient (Wildman–Crippen LogP) is -0.0722. The van der Waals surface area contributed by atoms with Gasteiger partial charge in [0.05, 0.1) is 52.9 Å². The molecule has 0 spiro atoms. The van der Waals surface area contributed by atoms with Gasteiger partial charge in [0.15, 0.2) is 12.2 Å². The van der Waals surface area contributed by atoms with E-state index in [1.807, 2.05) is 72.8 Å². The van der Waals surface area contributed by atoms with E-state index in [9.17, 15) is 39.6 Å². The summed E-state index contributed by atoms with van der Waals surface area (Å²) in [6, 6.07) is 22.9. The lowest BCUT2D eigenvalue weighted by atomic mass is 10.1. The number of alkyl carbamates (subject to hydrolysis) is 2. The van der Waals surface area contributed by atoms with E-state index in [4.69, 9.17) is 60.8 Å². The molecule has 3 aromatic carbocycles. The van der Waals surface area contributed by atoms with Gasteiger partial charge in [-0.1, -0.05) is 72.8 Å². The normalized spacial score (nSPS) is 16.6. The highest BCUT2D eigenvalue weighted by atomic mass is 16.8. The van der Waals surface area contributed by atoms with Crippen molar-refractivity contribution in [3.63, 3.8) is 0 Å². The van der Waals surface area contributed by atoms with Gasteiger partial charge in [-0.2, -0.15) is 0 Å². The zero-order valence-electron chi connectivity index (χ0n) is 38.9. The highest BCUT2D eigenvalue weighted by Gasteiger charge is 2.27. The molecule has 3 aromatic rings. The highest BCUT2D eigenvalue weighted by Crippen LogP contribution is 2.09. The summed E-state index contributed by atoms with van der Waals surface area (Å²) in [5.41, 5.74) is 28.0. The van der Waals surface area contributed by atoms with Crippen molar-refractivity contribution in [2.75, 3.05) is 79.3 Å². The molecule has 0 radical (unpaired) electrons. The van der Waals surface area contributed by atoms with Gasteiger partial charge in [-0.15, -0.1) is 0 Å². The first kappa shape index (κ1) is 58.6. The molecule has 24 heteroatoms. The Hall–Kier alpha value is -5.74. The number of cyclic esters (lactones) is 4. The first-order chi connectivity index (χ1) is 33.8. The number of aliphatic hydroxyl groups excluding tert-OH is 4. The van der Waals surface area contributed by atoms with E-state index in [-0.39, 0.29) is 92.4 Å². The molecule has 70 heavy (non-hydrogen) atoms. The summed E-state index contributed by atoms with van der Waals surface area (Å²) in [4.78, 5) is 44.9. The quantitative estimate of drug-likeness (QED) is 0.0336. The third-order valence-electron chi connectivity index (χ3n) is 9.37. The van der Waals surface area contributed by atoms with Gasteiger partial charge in [-0.25, -0.2) is 19.2 Å². The maximum Gasteiger partial charge on any atom is 0.508 e. The minimum atomic E-state index is -1.09. The van der Waals surface area contributed by atoms with E-state index in [1.165, 1.54) is 0 Å². The number of hydrogen-bond donors (Lipinski definition) is 10. The Kier molecular flexibility index (Phi) is 28.9. The van der Waals surface area contributed by atoms with Crippen LogP contribution in [0.3, 0.4) is 0 Å². The second-order valence-corrected chi connectivity index (χ2v) is 15.5. The van der Waals surface area contributed by atoms with Crippen molar-refractivity contribution in [3.8, 4) is 0 Å². The Labute approximate surface area is 405 Å². The van der Waals surface area contributed by atoms with E-state index >= 15 is 0 Å². The maximum absolute atomic E-state index is 11.8. The zero-order valence-corrected chi connectivity index (χ0v) is 38.9. The topological polar surface area (TPSA) is 370 Å². The molecule has 14 N–H and O–H groups in total. The summed E-state index contributed by atoms with van der Waals surface area (Å²) in [5.74, 6) is 0. The van der Waals surface area contributed by atoms with E-state index in [2.05, 4.69) is 20.1 Å². The van der Waals surface area contributed by atoms with Crippen molar-refractivity contribution >= 4 is 24.5 Å². The molecule has 4 atom stereocenters. The Morgan fingerprint density at radius 1 is 0.500 bits per heavy atom. The lowest BCUT2D eigenvalue weighted by molar-refractivity contribution is -0.0639. The number of benzene rings is 3. The fourth-order valence-corrected chi connectivity index (χ4v) is 5.85. The lowest BCUT2D eigenvalue weighted by Gasteiger charge is -2.16. The molecule has 24 nitrogen and oxygen atoms in total. The number of amides is 2. The van der Waals surface area contributed by atoms with Crippen LogP contribution in [0.5, 0.6) is 0 Å². The Bertz CT molecular complexity index is 1840. The van der Waals surface area contributed by atoms with Crippen LogP contribution in [0.2, 0.25) is 0 Å². The second kappa shape index (κ2) is 34.5. The van der Waals surface area contributed by atoms with Crippen LogP contribution in [-0.2, 0) is 86.6 Å². The van der Waals surface area contributed by atoms with Crippen molar-refractivity contribution in [1.29, 1.82) is 0 Å². The number of ether oxygens (including phenoxy) is 10. The van der Waals surface area contributed by atoms with Crippen LogP contribution in [0.1, 0.15) is 33.4 Å². The van der Waals surface area contributed by atoms with Gasteiger partial charge in [-0.05, 0) is 33.4 Å². The summed E-state index contributed by atoms with van der Waals surface area (Å²) < 4.78 is 49.3. The summed E-state index contributed by atoms with van der Waals surface area (Å²) in [5, 5.41) is 44.5. The number of hydrogen-bond acceptors (Lipinski definition) is 22. The smallest absolute Gasteiger partial charge is 0.447 e. The first-order valence-corrected chi connectivity index (χ1v) is 22.3. The standard InChI is InChI=1S/C27H40N4O9.C11H16O9.C8H12N2/c28-9-19-3-1-5-21(7-19)11-30-26(35)39-17-24(33)15-37-13-23(32)14-38-16-25(34)18-40-27(36)31-12-22-6-2-4-20(8-22)10-29;12-7(1-15-3-8-5-17-10(13)19-8)2-16-4-9-6-18-11(14)20-9;9-5-7-2-1-3-8(4-7)6-10/h1-8,23-25,32-34H,9-18,28-29H2,(H,30,35)(H,31,36);7-9,12H,1-6H2;1-4H,5-6,9-10H2. The summed E-state index contributed by atoms with van der Waals surface area (Å²) in [6.07, 6.45) is -7.72. The molecular weight excluding hydrogens is 925 g/mol. The number of aliphatic hydroxyl groups is 4. The first-order valence-electron chi connectivity index (χ1n) is 22.3. The molecule has 2 aliphatic heterocycles. The monoisotopic (exact) mass is 992 g/mol. The predicted molar refractivity (Wildman–Crippen MR) is 247 cm³/mol. The van der Waals surface area contributed by atoms with Crippen LogP contribution in [0.25, 0.3) is 0 Å². The number of nitrogens with two attached hydrogens (primary N) is 4. The molecule has 2 aliphatic rings. The molecule has 0 aliphatic carbocycles. The fraction of sp³-hybridized carbons (Fsp3) is 0.522. The molecule has 5 rings (SSSR count). The van der Waals surface area contributed by atoms with E-state index in [0.717, 1.165) is 33.4 Å². The Balaban J connectivity index is 0.000000352. The van der Waals surface area contributed by atoms with E-state index in [0.29, 0.717) is 26.2 Å². The van der Waals surface area contributed by atoms with E-state index < -0.39 is 61.1 Å². The van der Waals surface area contributed by atoms with Gasteiger partial charge >= 0.3 is 24.5 Å². The maximum atomic E-state index is 11.8. The molecule has 2 fully saturated rings. The summed E-state index contributed by atoms with van der Waals surface area (Å²) in [6.45, 7) is 1.93. The minimum absolute atomic E-state index is 0.0367. The van der Waals surface area contributed by atoms with Crippen molar-refractivity contribution in [1.82, 2.24) is 10.6 Å². The molecule has 2 amide bonds. The van der Waals surface area contributed by atoms with Crippen LogP contribution in [0.15, 0.2) is 72.8 Å². The molecule has 4 unspecified atom stereocenters. The van der Waals surface area contributed by atoms with Crippen molar-refractivity contribution < 1.29 is 87.0 Å². The van der Waals surface area contributed by atoms with Gasteiger partial charge in [0.1, 0.15) is 50.8 Å². The van der Waals surface area contributed by atoms with Gasteiger partial charge < -0.3 is 101 Å². The summed E-state index contributed by atoms with van der Waals surface area (Å²) in [7, 11) is 0. The molecule has 390 valence electrons. The molecule has 0 aromatic heterocycles. The minimum Gasteiger partial charge on any atom is -0.447 e. The van der Waals surface area contributed by atoms with Crippen molar-refractivity contribution in [3.05, 3.63) is 106 Å². The van der Waals surface area contributed by atoms with Crippen LogP contribution in [0, 0.1) is 0 Å². The number of carbonyl (C=O) groups excluding carboxylic acids is 4. The van der Waals surface area contributed by atoms with Crippen molar-refractivity contribution in [2.24, 2.45) is 22.9 Å². The zero-order chi connectivity index (χ0) is 50.9. The Morgan fingerprint density at radius 2 is 0.800 bits per heavy atom. The highest BCUT2D eigenvalue weighted by molar-refractivity contribution is 5.67. The van der Waals surface area contributed by atoms with E-state index in [1.54, 1.807) is 0 Å². The van der Waals surface area contributed by atoms with Crippen LogP contribution in [-0.4, -0.2) is 161 Å². The Morgan fingerprint density at radius 3 is 1.11 bits per heavy atom. The summed E-state index contributed by atoms with van der Waals surface area (Å²) >= 11 is 0. The van der Waals surface area contributed by atoms with Gasteiger partial charge in [0.2, 0.25) is 0 Å². The van der Waals surface area contributed by atoms with Crippen LogP contribution < -0.4 is 33.6 Å². The number of rotatable bonds is 28. The van der Waals surface area contributed by atoms with Gasteiger partial charge in [0, 0.05) is 39.3 Å². The largest absolute Gasteiger partial charge is 0.508 e. The average molecular weight is 993 g/mol. The van der Waals surface area contributed by atoms with Crippen LogP contribution in [0.4, 0.5) is 19.2 Å². The number of carbonyl (C=O) groups is 4. The lowest BCUT2D eigenvalue weighted by Crippen LogP contribution is -2.32. The SMILES string of the molecule is NCc1cccc(CN)c1.NCc1cccc(CNC(=O)OCC(O)COCC(O)COCC(O)COC(=O)NCc2cccc(CN)c2)c1.O=C1OCC(COCC(O)COCC2COC(=O)O2)O1. The molecule has 2 saturated heterocycles. The molecule has 0 saturated carbocycles. The van der Waals surface area contributed by atoms with Gasteiger partial charge in [-0.3, -0.25) is 0 Å². The third kappa shape index (κ3) is 26.3. The third-order valence-corrected chi connectivity index (χ3v) is 9.37. The average Bonchev–Trinajstić information content (AvgIpc) is 4.00. The second-order valence-electron chi connectivity index (χ2n) is 15.5. The molecular formula is C46H68N6O18. The van der Waals surface area contributed by atoms with Crippen LogP contribution >= 0.6 is 0 Å². The fourth-order valence-electron chi connectivity index (χ4n) is 5.85. The van der Waals surface area contributed by atoms with Gasteiger partial charge in [0.25, 0.3) is 0 Å². The van der Waals surface area contributed by atoms with Crippen molar-refractivity contribution in [2.45, 2.75) is 75.9 Å².